The van der Waals surface area contributed by atoms with E-state index in [0.717, 1.165) is 47.2 Å². The average molecular weight is 459 g/mol. The number of hydrogen-bond acceptors (Lipinski definition) is 7. The lowest BCUT2D eigenvalue weighted by Crippen LogP contribution is -2.41. The lowest BCUT2D eigenvalue weighted by Gasteiger charge is -2.33. The Kier molecular flexibility index (Phi) is 6.38. The molecule has 2 aromatic heterocycles. The third-order valence-electron chi connectivity index (χ3n) is 6.03. The molecule has 0 saturated carbocycles. The first-order valence-electron chi connectivity index (χ1n) is 11.4. The number of rotatable bonds is 7. The van der Waals surface area contributed by atoms with E-state index in [1.807, 2.05) is 53.4 Å². The van der Waals surface area contributed by atoms with Gasteiger partial charge in [-0.05, 0) is 49.1 Å². The molecule has 8 nitrogen and oxygen atoms in total. The predicted molar refractivity (Wildman–Crippen MR) is 126 cm³/mol. The molecule has 0 radical (unpaired) electrons. The van der Waals surface area contributed by atoms with Crippen molar-refractivity contribution < 1.29 is 18.7 Å². The molecule has 1 saturated heterocycles. The first-order valence-corrected chi connectivity index (χ1v) is 11.4. The first-order chi connectivity index (χ1) is 16.7. The van der Waals surface area contributed by atoms with Crippen LogP contribution in [0.15, 0.2) is 65.5 Å². The van der Waals surface area contributed by atoms with Crippen molar-refractivity contribution in [2.45, 2.75) is 31.7 Å². The van der Waals surface area contributed by atoms with Crippen molar-refractivity contribution in [2.24, 2.45) is 0 Å². The molecule has 174 valence electrons. The van der Waals surface area contributed by atoms with Gasteiger partial charge in [-0.2, -0.15) is 0 Å². The van der Waals surface area contributed by atoms with Crippen LogP contribution in [0, 0.1) is 0 Å². The molecule has 0 aliphatic carbocycles. The van der Waals surface area contributed by atoms with Crippen LogP contribution >= 0.6 is 0 Å². The number of para-hydroxylation sites is 1. The van der Waals surface area contributed by atoms with Gasteiger partial charge >= 0.3 is 0 Å². The molecule has 0 spiro atoms. The topological polar surface area (TPSA) is 90.6 Å². The van der Waals surface area contributed by atoms with Crippen LogP contribution in [-0.2, 0) is 11.2 Å². The largest absolute Gasteiger partial charge is 0.497 e. The Labute approximate surface area is 197 Å². The standard InChI is InChI=1S/C26H26N4O4/c1-32-19-8-6-7-18(13-19)14-20-15-27-26(34-20)23-11-4-5-12-30(23)24(31)16-33-25-21-9-2-3-10-22(21)28-17-29-25/h2-3,6-10,13,15,17,23H,4-5,11-12,14,16H2,1H3. The number of likely N-dealkylation sites (tertiary alicyclic amines) is 1. The number of hydrogen-bond donors (Lipinski definition) is 0. The fraction of sp³-hybridized carbons (Fsp3) is 0.308. The van der Waals surface area contributed by atoms with E-state index in [1.165, 1.54) is 6.33 Å². The SMILES string of the molecule is COc1cccc(Cc2cnc(C3CCCCN3C(=O)COc3ncnc4ccccc34)o2)c1. The van der Waals surface area contributed by atoms with Gasteiger partial charge in [-0.25, -0.2) is 15.0 Å². The molecule has 5 rings (SSSR count). The molecule has 1 aliphatic rings. The van der Waals surface area contributed by atoms with Crippen molar-refractivity contribution in [1.82, 2.24) is 19.9 Å². The second-order valence-corrected chi connectivity index (χ2v) is 8.28. The Bertz CT molecular complexity index is 1280. The summed E-state index contributed by atoms with van der Waals surface area (Å²) < 4.78 is 17.2. The van der Waals surface area contributed by atoms with E-state index >= 15 is 0 Å². The zero-order chi connectivity index (χ0) is 23.3. The minimum atomic E-state index is -0.203. The highest BCUT2D eigenvalue weighted by atomic mass is 16.5. The number of carbonyl (C=O) groups excluding carboxylic acids is 1. The number of ether oxygens (including phenoxy) is 2. The molecule has 1 fully saturated rings. The first kappa shape index (κ1) is 21.9. The number of fused-ring (bicyclic) bond motifs is 1. The molecule has 34 heavy (non-hydrogen) atoms. The van der Waals surface area contributed by atoms with Crippen molar-refractivity contribution in [1.29, 1.82) is 0 Å². The molecule has 2 aromatic carbocycles. The summed E-state index contributed by atoms with van der Waals surface area (Å²) in [5, 5.41) is 0.780. The lowest BCUT2D eigenvalue weighted by molar-refractivity contribution is -0.137. The second kappa shape index (κ2) is 9.91. The smallest absolute Gasteiger partial charge is 0.261 e. The van der Waals surface area contributed by atoms with E-state index in [9.17, 15) is 4.79 Å². The molecule has 1 atom stereocenters. The summed E-state index contributed by atoms with van der Waals surface area (Å²) in [7, 11) is 1.65. The highest BCUT2D eigenvalue weighted by molar-refractivity contribution is 5.84. The molecule has 3 heterocycles. The maximum Gasteiger partial charge on any atom is 0.261 e. The summed E-state index contributed by atoms with van der Waals surface area (Å²) >= 11 is 0. The fourth-order valence-electron chi connectivity index (χ4n) is 4.34. The molecular weight excluding hydrogens is 432 g/mol. The van der Waals surface area contributed by atoms with Gasteiger partial charge in [-0.15, -0.1) is 0 Å². The van der Waals surface area contributed by atoms with Crippen LogP contribution in [-0.4, -0.2) is 46.0 Å². The number of piperidine rings is 1. The quantitative estimate of drug-likeness (QED) is 0.407. The Morgan fingerprint density at radius 2 is 2.03 bits per heavy atom. The number of methoxy groups -OCH3 is 1. The number of benzene rings is 2. The highest BCUT2D eigenvalue weighted by Crippen LogP contribution is 2.31. The fourth-order valence-corrected chi connectivity index (χ4v) is 4.34. The lowest BCUT2D eigenvalue weighted by atomic mass is 10.0. The van der Waals surface area contributed by atoms with Crippen LogP contribution in [0.4, 0.5) is 0 Å². The van der Waals surface area contributed by atoms with Crippen LogP contribution < -0.4 is 9.47 Å². The number of oxazole rings is 1. The molecule has 8 heteroatoms. The van der Waals surface area contributed by atoms with Crippen molar-refractivity contribution in [3.05, 3.63) is 78.3 Å². The van der Waals surface area contributed by atoms with E-state index in [-0.39, 0.29) is 18.6 Å². The molecule has 0 N–H and O–H groups in total. The van der Waals surface area contributed by atoms with E-state index in [4.69, 9.17) is 13.9 Å². The van der Waals surface area contributed by atoms with Gasteiger partial charge in [0.1, 0.15) is 23.9 Å². The Morgan fingerprint density at radius 3 is 2.94 bits per heavy atom. The van der Waals surface area contributed by atoms with Crippen LogP contribution in [0.3, 0.4) is 0 Å². The predicted octanol–water partition coefficient (Wildman–Crippen LogP) is 4.35. The van der Waals surface area contributed by atoms with Crippen molar-refractivity contribution in [2.75, 3.05) is 20.3 Å². The van der Waals surface area contributed by atoms with E-state index < -0.39 is 0 Å². The molecule has 1 unspecified atom stereocenters. The molecule has 4 aromatic rings. The van der Waals surface area contributed by atoms with E-state index in [0.29, 0.717) is 24.7 Å². The number of nitrogens with zero attached hydrogens (tertiary/aromatic N) is 4. The second-order valence-electron chi connectivity index (χ2n) is 8.28. The van der Waals surface area contributed by atoms with Crippen LogP contribution in [0.25, 0.3) is 10.9 Å². The molecular formula is C26H26N4O4. The Balaban J connectivity index is 1.28. The third-order valence-corrected chi connectivity index (χ3v) is 6.03. The zero-order valence-corrected chi connectivity index (χ0v) is 19.0. The monoisotopic (exact) mass is 458 g/mol. The van der Waals surface area contributed by atoms with Gasteiger partial charge in [-0.1, -0.05) is 24.3 Å². The summed E-state index contributed by atoms with van der Waals surface area (Å²) in [6, 6.07) is 15.2. The highest BCUT2D eigenvalue weighted by Gasteiger charge is 2.31. The minimum absolute atomic E-state index is 0.102. The van der Waals surface area contributed by atoms with Gasteiger partial charge in [-0.3, -0.25) is 4.79 Å². The van der Waals surface area contributed by atoms with Crippen LogP contribution in [0.5, 0.6) is 11.6 Å². The normalized spacial score (nSPS) is 15.9. The summed E-state index contributed by atoms with van der Waals surface area (Å²) in [5.41, 5.74) is 1.85. The van der Waals surface area contributed by atoms with E-state index in [1.54, 1.807) is 13.3 Å². The summed E-state index contributed by atoms with van der Waals surface area (Å²) in [6.07, 6.45) is 6.56. The Morgan fingerprint density at radius 1 is 1.12 bits per heavy atom. The summed E-state index contributed by atoms with van der Waals surface area (Å²) in [5.74, 6) is 2.42. The average Bonchev–Trinajstić information content (AvgIpc) is 3.35. The van der Waals surface area contributed by atoms with Crippen molar-refractivity contribution >= 4 is 16.8 Å². The number of carbonyl (C=O) groups is 1. The van der Waals surface area contributed by atoms with E-state index in [2.05, 4.69) is 15.0 Å². The molecule has 0 bridgehead atoms. The van der Waals surface area contributed by atoms with Gasteiger partial charge in [0.2, 0.25) is 11.8 Å². The van der Waals surface area contributed by atoms with Crippen LogP contribution in [0.1, 0.15) is 42.5 Å². The summed E-state index contributed by atoms with van der Waals surface area (Å²) in [6.45, 7) is 0.542. The Hall–Kier alpha value is -3.94. The van der Waals surface area contributed by atoms with Crippen molar-refractivity contribution in [3.63, 3.8) is 0 Å². The summed E-state index contributed by atoms with van der Waals surface area (Å²) in [4.78, 5) is 27.9. The van der Waals surface area contributed by atoms with Gasteiger partial charge in [0.15, 0.2) is 6.61 Å². The van der Waals surface area contributed by atoms with Gasteiger partial charge in [0, 0.05) is 13.0 Å². The third kappa shape index (κ3) is 4.71. The number of amides is 1. The zero-order valence-electron chi connectivity index (χ0n) is 19.0. The molecule has 1 aliphatic heterocycles. The van der Waals surface area contributed by atoms with Gasteiger partial charge < -0.3 is 18.8 Å². The van der Waals surface area contributed by atoms with Crippen molar-refractivity contribution in [3.8, 4) is 11.6 Å². The van der Waals surface area contributed by atoms with Crippen LogP contribution in [0.2, 0.25) is 0 Å². The van der Waals surface area contributed by atoms with Gasteiger partial charge in [0.05, 0.1) is 24.2 Å². The maximum atomic E-state index is 13.1. The maximum absolute atomic E-state index is 13.1. The van der Waals surface area contributed by atoms with Gasteiger partial charge in [0.25, 0.3) is 5.91 Å². The number of aromatic nitrogens is 3. The minimum Gasteiger partial charge on any atom is -0.497 e. The molecule has 1 amide bonds.